The molecule has 2 spiro atoms. The van der Waals surface area contributed by atoms with Gasteiger partial charge >= 0.3 is 0 Å². The smallest absolute Gasteiger partial charge is 0.0176 e. The van der Waals surface area contributed by atoms with E-state index in [0.29, 0.717) is 6.04 Å². The summed E-state index contributed by atoms with van der Waals surface area (Å²) in [6.07, 6.45) is 6.20. The van der Waals surface area contributed by atoms with Gasteiger partial charge in [-0.25, -0.2) is 0 Å². The Labute approximate surface area is 84.4 Å². The van der Waals surface area contributed by atoms with Gasteiger partial charge in [-0.1, -0.05) is 0 Å². The molecule has 74 valence electrons. The van der Waals surface area contributed by atoms with Crippen LogP contribution < -0.4 is 5.73 Å². The molecular weight excluding hydrogens is 170 g/mol. The van der Waals surface area contributed by atoms with Gasteiger partial charge in [0, 0.05) is 11.5 Å². The van der Waals surface area contributed by atoms with Crippen LogP contribution in [0.1, 0.15) is 25.7 Å². The maximum atomic E-state index is 6.50. The molecule has 1 nitrogen and oxygen atoms in total. The van der Waals surface area contributed by atoms with Crippen molar-refractivity contribution in [3.63, 3.8) is 0 Å². The SMILES string of the molecule is NC1C2(C3CCC32)C12C1C3CCC3C12. The third kappa shape index (κ3) is 0.302. The van der Waals surface area contributed by atoms with Crippen LogP contribution in [0.4, 0.5) is 0 Å². The molecule has 2 N–H and O–H groups in total. The van der Waals surface area contributed by atoms with Crippen LogP contribution in [0.15, 0.2) is 0 Å². The Hall–Kier alpha value is -0.0400. The Morgan fingerprint density at radius 2 is 1.36 bits per heavy atom. The van der Waals surface area contributed by atoms with Gasteiger partial charge in [0.1, 0.15) is 0 Å². The van der Waals surface area contributed by atoms with Crippen molar-refractivity contribution >= 4 is 0 Å². The molecule has 6 saturated carbocycles. The normalized spacial score (nSPS) is 88.5. The second-order valence-electron chi connectivity index (χ2n) is 7.09. The van der Waals surface area contributed by atoms with E-state index in [1.54, 1.807) is 12.8 Å². The number of rotatable bonds is 0. The molecule has 6 aliphatic carbocycles. The summed E-state index contributed by atoms with van der Waals surface area (Å²) in [5.74, 6) is 6.91. The molecule has 1 heteroatoms. The molecular formula is C13H17N. The van der Waals surface area contributed by atoms with Crippen molar-refractivity contribution in [3.05, 3.63) is 0 Å². The van der Waals surface area contributed by atoms with Crippen LogP contribution in [0, 0.1) is 46.3 Å². The van der Waals surface area contributed by atoms with E-state index in [1.165, 1.54) is 24.7 Å². The van der Waals surface area contributed by atoms with E-state index < -0.39 is 0 Å². The van der Waals surface area contributed by atoms with Crippen molar-refractivity contribution in [3.8, 4) is 0 Å². The predicted molar refractivity (Wildman–Crippen MR) is 52.2 cm³/mol. The zero-order valence-electron chi connectivity index (χ0n) is 8.45. The summed E-state index contributed by atoms with van der Waals surface area (Å²) in [6, 6.07) is 0.674. The molecule has 7 unspecified atom stereocenters. The van der Waals surface area contributed by atoms with E-state index in [9.17, 15) is 0 Å². The molecule has 6 aliphatic rings. The summed E-state index contributed by atoms with van der Waals surface area (Å²) in [5.41, 5.74) is 8.06. The van der Waals surface area contributed by atoms with Crippen molar-refractivity contribution in [2.45, 2.75) is 31.7 Å². The molecule has 0 saturated heterocycles. The number of nitrogens with two attached hydrogens (primary N) is 1. The summed E-state index contributed by atoms with van der Waals surface area (Å²) < 4.78 is 0. The highest BCUT2D eigenvalue weighted by Gasteiger charge is 3.05. The molecule has 0 amide bonds. The van der Waals surface area contributed by atoms with Gasteiger partial charge in [0.2, 0.25) is 0 Å². The minimum absolute atomic E-state index is 0.674. The minimum Gasteiger partial charge on any atom is -0.327 e. The Morgan fingerprint density at radius 3 is 1.79 bits per heavy atom. The maximum Gasteiger partial charge on any atom is 0.0176 e. The lowest BCUT2D eigenvalue weighted by molar-refractivity contribution is 0.0372. The molecule has 0 aliphatic heterocycles. The Bertz CT molecular complexity index is 355. The molecule has 0 heterocycles. The van der Waals surface area contributed by atoms with Crippen LogP contribution in [0.5, 0.6) is 0 Å². The summed E-state index contributed by atoms with van der Waals surface area (Å²) in [4.78, 5) is 0. The van der Waals surface area contributed by atoms with Gasteiger partial charge < -0.3 is 5.73 Å². The Balaban J connectivity index is 1.50. The van der Waals surface area contributed by atoms with Gasteiger partial charge in [0.25, 0.3) is 0 Å². The zero-order chi connectivity index (χ0) is 8.87. The first-order valence-electron chi connectivity index (χ1n) is 6.62. The van der Waals surface area contributed by atoms with Crippen LogP contribution >= 0.6 is 0 Å². The van der Waals surface area contributed by atoms with E-state index >= 15 is 0 Å². The highest BCUT2D eigenvalue weighted by Crippen LogP contribution is 3.05. The summed E-state index contributed by atoms with van der Waals surface area (Å²) in [5, 5.41) is 0. The standard InChI is InChI=1S/C13H17N/c14-11-12(7-3-4-8(7)12)13(11)9-5-1-2-6(5)10(9)13/h5-11H,1-4,14H2. The van der Waals surface area contributed by atoms with Gasteiger partial charge in [-0.15, -0.1) is 0 Å². The number of hydrogen-bond acceptors (Lipinski definition) is 1. The van der Waals surface area contributed by atoms with Crippen molar-refractivity contribution < 1.29 is 0 Å². The van der Waals surface area contributed by atoms with Crippen LogP contribution in [-0.4, -0.2) is 6.04 Å². The van der Waals surface area contributed by atoms with Gasteiger partial charge in [0.05, 0.1) is 0 Å². The molecule has 0 radical (unpaired) electrons. The van der Waals surface area contributed by atoms with E-state index in [-0.39, 0.29) is 0 Å². The van der Waals surface area contributed by atoms with E-state index in [1.807, 2.05) is 0 Å². The Morgan fingerprint density at radius 1 is 0.786 bits per heavy atom. The second-order valence-corrected chi connectivity index (χ2v) is 7.09. The third-order valence-corrected chi connectivity index (χ3v) is 7.77. The summed E-state index contributed by atoms with van der Waals surface area (Å²) >= 11 is 0. The highest BCUT2D eigenvalue weighted by molar-refractivity contribution is 5.54. The molecule has 0 aromatic carbocycles. The van der Waals surface area contributed by atoms with Gasteiger partial charge in [0.15, 0.2) is 0 Å². The first-order chi connectivity index (χ1) is 6.86. The number of hydrogen-bond donors (Lipinski definition) is 1. The first kappa shape index (κ1) is 6.52. The topological polar surface area (TPSA) is 26.0 Å². The quantitative estimate of drug-likeness (QED) is 0.613. The van der Waals surface area contributed by atoms with Crippen LogP contribution in [0.2, 0.25) is 0 Å². The first-order valence-corrected chi connectivity index (χ1v) is 6.62. The lowest BCUT2D eigenvalue weighted by Crippen LogP contribution is -2.38. The predicted octanol–water partition coefficient (Wildman–Crippen LogP) is 1.63. The van der Waals surface area contributed by atoms with E-state index in [4.69, 9.17) is 5.73 Å². The summed E-state index contributed by atoms with van der Waals surface area (Å²) in [7, 11) is 0. The molecule has 7 atom stereocenters. The van der Waals surface area contributed by atoms with Crippen LogP contribution in [0.25, 0.3) is 0 Å². The second kappa shape index (κ2) is 1.36. The van der Waals surface area contributed by atoms with E-state index in [0.717, 1.165) is 34.5 Å². The lowest BCUT2D eigenvalue weighted by Gasteiger charge is -2.45. The molecule has 6 fully saturated rings. The molecule has 6 rings (SSSR count). The van der Waals surface area contributed by atoms with Gasteiger partial charge in [-0.3, -0.25) is 0 Å². The number of fused-ring (bicyclic) bond motifs is 10. The van der Waals surface area contributed by atoms with Gasteiger partial charge in [-0.2, -0.15) is 0 Å². The van der Waals surface area contributed by atoms with Crippen LogP contribution in [0.3, 0.4) is 0 Å². The average molecular weight is 187 g/mol. The zero-order valence-corrected chi connectivity index (χ0v) is 8.45. The van der Waals surface area contributed by atoms with Crippen molar-refractivity contribution in [2.24, 2.45) is 52.1 Å². The van der Waals surface area contributed by atoms with Crippen molar-refractivity contribution in [1.29, 1.82) is 0 Å². The van der Waals surface area contributed by atoms with Gasteiger partial charge in [-0.05, 0) is 66.6 Å². The Kier molecular flexibility index (Phi) is 0.632. The molecule has 0 aromatic rings. The monoisotopic (exact) mass is 187 g/mol. The van der Waals surface area contributed by atoms with Crippen molar-refractivity contribution in [1.82, 2.24) is 0 Å². The average Bonchev–Trinajstić information content (AvgIpc) is 2.88. The van der Waals surface area contributed by atoms with E-state index in [2.05, 4.69) is 0 Å². The largest absolute Gasteiger partial charge is 0.327 e. The fourth-order valence-corrected chi connectivity index (χ4v) is 7.24. The lowest BCUT2D eigenvalue weighted by atomic mass is 9.60. The maximum absolute atomic E-state index is 6.50. The summed E-state index contributed by atoms with van der Waals surface area (Å²) in [6.45, 7) is 0. The minimum atomic E-state index is 0.674. The van der Waals surface area contributed by atoms with Crippen molar-refractivity contribution in [2.75, 3.05) is 0 Å². The highest BCUT2D eigenvalue weighted by atomic mass is 15.2. The molecule has 0 aromatic heterocycles. The fraction of sp³-hybridized carbons (Fsp3) is 1.00. The van der Waals surface area contributed by atoms with Crippen LogP contribution in [-0.2, 0) is 0 Å². The molecule has 0 bridgehead atoms. The third-order valence-electron chi connectivity index (χ3n) is 7.77. The fourth-order valence-electron chi connectivity index (χ4n) is 7.24. The molecule has 14 heavy (non-hydrogen) atoms.